The summed E-state index contributed by atoms with van der Waals surface area (Å²) in [7, 11) is 0. The normalized spacial score (nSPS) is 18.3. The van der Waals surface area contributed by atoms with Crippen LogP contribution in [0.15, 0.2) is 55.6 Å². The van der Waals surface area contributed by atoms with Crippen molar-refractivity contribution in [1.29, 1.82) is 5.26 Å². The molecule has 2 heterocycles. The lowest BCUT2D eigenvalue weighted by atomic mass is 9.70. The van der Waals surface area contributed by atoms with E-state index in [0.29, 0.717) is 43.6 Å². The van der Waals surface area contributed by atoms with Crippen LogP contribution in [-0.2, 0) is 11.8 Å². The number of fused-ring (bicyclic) bond motifs is 1. The summed E-state index contributed by atoms with van der Waals surface area (Å²) in [4.78, 5) is 36.8. The molecule has 1 fully saturated rings. The average molecular weight is 447 g/mol. The molecule has 8 heteroatoms. The van der Waals surface area contributed by atoms with E-state index in [1.165, 1.54) is 6.07 Å². The van der Waals surface area contributed by atoms with Crippen LogP contribution in [0.4, 0.5) is 0 Å². The van der Waals surface area contributed by atoms with Gasteiger partial charge in [0.05, 0.1) is 17.2 Å². The molecule has 0 bridgehead atoms. The second-order valence-electron chi connectivity index (χ2n) is 8.88. The Balaban J connectivity index is 1.53. The third kappa shape index (κ3) is 4.87. The van der Waals surface area contributed by atoms with Crippen molar-refractivity contribution in [3.8, 4) is 12.1 Å². The first-order valence-electron chi connectivity index (χ1n) is 11.2. The Kier molecular flexibility index (Phi) is 6.40. The molecule has 1 N–H and O–H groups in total. The standard InChI is InChI=1S/C25H26N4O4/c1-16(2)8-9-17-14-20(30)32-23-21(17)22(31)27-24(28-23)33-29-19-10-12-25(15-26,13-11-19)18-6-4-3-5-7-18/h3-7,14,16H,8-13H2,1-2H3,(H,27,28,31). The molecule has 1 saturated carbocycles. The molecule has 0 aliphatic heterocycles. The molecule has 170 valence electrons. The molecule has 1 aliphatic rings. The zero-order chi connectivity index (χ0) is 23.4. The lowest BCUT2D eigenvalue weighted by Gasteiger charge is -2.31. The number of aromatic nitrogens is 2. The molecule has 4 rings (SSSR count). The molecule has 0 radical (unpaired) electrons. The third-order valence-electron chi connectivity index (χ3n) is 6.15. The van der Waals surface area contributed by atoms with Crippen molar-refractivity contribution in [3.05, 3.63) is 68.3 Å². The van der Waals surface area contributed by atoms with Gasteiger partial charge in [-0.1, -0.05) is 49.3 Å². The quantitative estimate of drug-likeness (QED) is 0.565. The van der Waals surface area contributed by atoms with Gasteiger partial charge in [0.15, 0.2) is 0 Å². The molecule has 33 heavy (non-hydrogen) atoms. The molecular formula is C25H26N4O4. The molecule has 0 atom stereocenters. The van der Waals surface area contributed by atoms with Crippen LogP contribution in [0.25, 0.3) is 11.1 Å². The number of rotatable bonds is 6. The zero-order valence-corrected chi connectivity index (χ0v) is 18.8. The summed E-state index contributed by atoms with van der Waals surface area (Å²) in [5.74, 6) is 0.426. The number of hydrogen-bond acceptors (Lipinski definition) is 7. The SMILES string of the molecule is CC(C)CCc1cc(=O)oc2nc(ON=C3CCC(C#N)(c4ccccc4)CC3)[nH]c(=O)c12. The summed E-state index contributed by atoms with van der Waals surface area (Å²) in [5, 5.41) is 14.2. The first-order valence-corrected chi connectivity index (χ1v) is 11.2. The highest BCUT2D eigenvalue weighted by atomic mass is 16.6. The van der Waals surface area contributed by atoms with Gasteiger partial charge in [0.2, 0.25) is 5.71 Å². The van der Waals surface area contributed by atoms with Gasteiger partial charge in [0.25, 0.3) is 5.56 Å². The first-order chi connectivity index (χ1) is 15.9. The Labute approximate surface area is 190 Å². The summed E-state index contributed by atoms with van der Waals surface area (Å²) in [5.41, 5.74) is 0.819. The van der Waals surface area contributed by atoms with E-state index in [1.54, 1.807) is 0 Å². The van der Waals surface area contributed by atoms with Crippen molar-refractivity contribution in [2.75, 3.05) is 0 Å². The molecule has 8 nitrogen and oxygen atoms in total. The van der Waals surface area contributed by atoms with Crippen molar-refractivity contribution >= 4 is 16.8 Å². The van der Waals surface area contributed by atoms with Crippen molar-refractivity contribution in [3.63, 3.8) is 0 Å². The van der Waals surface area contributed by atoms with Crippen molar-refractivity contribution in [2.24, 2.45) is 11.1 Å². The fraction of sp³-hybridized carbons (Fsp3) is 0.400. The van der Waals surface area contributed by atoms with Crippen molar-refractivity contribution in [2.45, 2.75) is 57.8 Å². The lowest BCUT2D eigenvalue weighted by molar-refractivity contribution is 0.304. The highest BCUT2D eigenvalue weighted by Crippen LogP contribution is 2.38. The van der Waals surface area contributed by atoms with Crippen LogP contribution >= 0.6 is 0 Å². The van der Waals surface area contributed by atoms with Crippen LogP contribution in [0.1, 0.15) is 57.1 Å². The Morgan fingerprint density at radius 3 is 2.64 bits per heavy atom. The van der Waals surface area contributed by atoms with E-state index in [4.69, 9.17) is 9.25 Å². The lowest BCUT2D eigenvalue weighted by Crippen LogP contribution is -2.30. The number of H-pyrrole nitrogens is 1. The molecular weight excluding hydrogens is 420 g/mol. The van der Waals surface area contributed by atoms with E-state index in [-0.39, 0.29) is 17.1 Å². The summed E-state index contributed by atoms with van der Waals surface area (Å²) in [6.07, 6.45) is 3.85. The van der Waals surface area contributed by atoms with Crippen LogP contribution in [0, 0.1) is 17.2 Å². The minimum absolute atomic E-state index is 0.0589. The highest BCUT2D eigenvalue weighted by molar-refractivity contribution is 5.85. The predicted octanol–water partition coefficient (Wildman–Crippen LogP) is 4.24. The fourth-order valence-electron chi connectivity index (χ4n) is 4.20. The summed E-state index contributed by atoms with van der Waals surface area (Å²) in [6, 6.07) is 13.5. The molecule has 1 aliphatic carbocycles. The molecule has 0 spiro atoms. The smallest absolute Gasteiger partial charge is 0.337 e. The van der Waals surface area contributed by atoms with Gasteiger partial charge in [-0.3, -0.25) is 9.78 Å². The third-order valence-corrected chi connectivity index (χ3v) is 6.15. The van der Waals surface area contributed by atoms with Crippen molar-refractivity contribution < 1.29 is 9.25 Å². The van der Waals surface area contributed by atoms with Crippen molar-refractivity contribution in [1.82, 2.24) is 9.97 Å². The summed E-state index contributed by atoms with van der Waals surface area (Å²) in [6.45, 7) is 4.15. The largest absolute Gasteiger partial charge is 0.403 e. The number of oxime groups is 1. The number of nitrogens with zero attached hydrogens (tertiary/aromatic N) is 3. The van der Waals surface area contributed by atoms with Crippen LogP contribution in [-0.4, -0.2) is 15.7 Å². The maximum absolute atomic E-state index is 12.7. The van der Waals surface area contributed by atoms with Gasteiger partial charge >= 0.3 is 11.6 Å². The number of aryl methyl sites for hydroxylation is 1. The first kappa shape index (κ1) is 22.5. The van der Waals surface area contributed by atoms with Gasteiger partial charge in [-0.25, -0.2) is 4.79 Å². The highest BCUT2D eigenvalue weighted by Gasteiger charge is 2.36. The van der Waals surface area contributed by atoms with Gasteiger partial charge in [0.1, 0.15) is 5.39 Å². The molecule has 1 aromatic carbocycles. The van der Waals surface area contributed by atoms with Gasteiger partial charge < -0.3 is 9.25 Å². The molecule has 0 saturated heterocycles. The van der Waals surface area contributed by atoms with Crippen LogP contribution in [0.2, 0.25) is 0 Å². The monoisotopic (exact) mass is 446 g/mol. The molecule has 2 aromatic heterocycles. The van der Waals surface area contributed by atoms with E-state index < -0.39 is 16.6 Å². The number of nitrogens with one attached hydrogen (secondary N) is 1. The summed E-state index contributed by atoms with van der Waals surface area (Å²) >= 11 is 0. The van der Waals surface area contributed by atoms with Gasteiger partial charge in [0, 0.05) is 6.07 Å². The molecule has 3 aromatic rings. The fourth-order valence-corrected chi connectivity index (χ4v) is 4.20. The van der Waals surface area contributed by atoms with Gasteiger partial charge in [-0.2, -0.15) is 10.2 Å². The zero-order valence-electron chi connectivity index (χ0n) is 18.8. The van der Waals surface area contributed by atoms with E-state index in [9.17, 15) is 14.9 Å². The van der Waals surface area contributed by atoms with E-state index in [2.05, 4.69) is 35.0 Å². The topological polar surface area (TPSA) is 121 Å². The number of hydrogen-bond donors (Lipinski definition) is 1. The van der Waals surface area contributed by atoms with Crippen LogP contribution in [0.3, 0.4) is 0 Å². The van der Waals surface area contributed by atoms with E-state index >= 15 is 0 Å². The second-order valence-corrected chi connectivity index (χ2v) is 8.88. The van der Waals surface area contributed by atoms with E-state index in [1.807, 2.05) is 30.3 Å². The Hall–Kier alpha value is -3.73. The molecule has 0 unspecified atom stereocenters. The number of aromatic amines is 1. The number of benzene rings is 1. The van der Waals surface area contributed by atoms with Crippen LogP contribution < -0.4 is 16.0 Å². The van der Waals surface area contributed by atoms with E-state index in [0.717, 1.165) is 17.7 Å². The Morgan fingerprint density at radius 1 is 1.24 bits per heavy atom. The summed E-state index contributed by atoms with van der Waals surface area (Å²) < 4.78 is 5.16. The van der Waals surface area contributed by atoms with Gasteiger partial charge in [-0.05, 0) is 55.6 Å². The minimum Gasteiger partial charge on any atom is -0.403 e. The maximum atomic E-state index is 12.7. The maximum Gasteiger partial charge on any atom is 0.337 e. The Bertz CT molecular complexity index is 1320. The van der Waals surface area contributed by atoms with Gasteiger partial charge in [-0.15, -0.1) is 0 Å². The minimum atomic E-state index is -0.558. The number of nitriles is 1. The predicted molar refractivity (Wildman–Crippen MR) is 124 cm³/mol. The molecule has 0 amide bonds. The van der Waals surface area contributed by atoms with Crippen LogP contribution in [0.5, 0.6) is 6.01 Å². The second kappa shape index (κ2) is 9.41. The average Bonchev–Trinajstić information content (AvgIpc) is 2.81. The Morgan fingerprint density at radius 2 is 1.97 bits per heavy atom.